The van der Waals surface area contributed by atoms with Gasteiger partial charge in [0.05, 0.1) is 5.69 Å². The van der Waals surface area contributed by atoms with E-state index in [2.05, 4.69) is 10.2 Å². The van der Waals surface area contributed by atoms with Crippen LogP contribution in [0.4, 0.5) is 23.2 Å². The maximum Gasteiger partial charge on any atom is 0.493 e. The van der Waals surface area contributed by atoms with Crippen molar-refractivity contribution in [2.24, 2.45) is 5.41 Å². The normalized spacial score (nSPS) is 24.1. The summed E-state index contributed by atoms with van der Waals surface area (Å²) in [5, 5.41) is 3.07. The minimum absolute atomic E-state index is 0.0480. The van der Waals surface area contributed by atoms with Crippen LogP contribution in [0.3, 0.4) is 0 Å². The first kappa shape index (κ1) is 23.5. The van der Waals surface area contributed by atoms with E-state index in [-0.39, 0.29) is 29.0 Å². The lowest BCUT2D eigenvalue weighted by Crippen LogP contribution is -2.60. The summed E-state index contributed by atoms with van der Waals surface area (Å²) < 4.78 is 52.6. The number of carbonyl (C=O) groups is 4. The number of carbonyl (C=O) groups excluding carboxylic acids is 4. The Morgan fingerprint density at radius 1 is 1.11 bits per heavy atom. The van der Waals surface area contributed by atoms with E-state index in [9.17, 15) is 36.7 Å². The van der Waals surface area contributed by atoms with Crippen LogP contribution in [0, 0.1) is 11.2 Å². The van der Waals surface area contributed by atoms with E-state index in [1.54, 1.807) is 6.07 Å². The Morgan fingerprint density at radius 3 is 2.46 bits per heavy atom. The van der Waals surface area contributed by atoms with E-state index in [4.69, 9.17) is 0 Å². The van der Waals surface area contributed by atoms with Crippen molar-refractivity contribution < 1.29 is 41.6 Å². The summed E-state index contributed by atoms with van der Waals surface area (Å²) in [6.07, 6.45) is -3.98. The smallest absolute Gasteiger partial charge is 0.368 e. The molecular formula is C22H22F4N4O5. The molecule has 1 atom stereocenters. The molecule has 188 valence electrons. The van der Waals surface area contributed by atoms with Crippen molar-refractivity contribution in [3.8, 4) is 0 Å². The summed E-state index contributed by atoms with van der Waals surface area (Å²) >= 11 is 0. The predicted molar refractivity (Wildman–Crippen MR) is 110 cm³/mol. The van der Waals surface area contributed by atoms with E-state index in [0.29, 0.717) is 24.3 Å². The van der Waals surface area contributed by atoms with Crippen LogP contribution in [0.1, 0.15) is 41.6 Å². The molecule has 13 heteroatoms. The lowest BCUT2D eigenvalue weighted by molar-refractivity contribution is -0.238. The van der Waals surface area contributed by atoms with Crippen molar-refractivity contribution in [1.82, 2.24) is 15.3 Å². The van der Waals surface area contributed by atoms with Gasteiger partial charge in [0.25, 0.3) is 17.7 Å². The number of nitrogens with one attached hydrogen (secondary N) is 1. The molecule has 1 aromatic carbocycles. The summed E-state index contributed by atoms with van der Waals surface area (Å²) in [5.41, 5.74) is 1.03. The van der Waals surface area contributed by atoms with Gasteiger partial charge in [-0.15, -0.1) is 5.06 Å². The Balaban J connectivity index is 1.32. The SMILES string of the molecule is O=C1CCC(N2Cc3cc(N4CC5(CCNCC5)C4)c(F)cc3C2=O)C(=O)N1OC(=O)C(F)(F)F. The van der Waals surface area contributed by atoms with Gasteiger partial charge in [0.2, 0.25) is 0 Å². The molecule has 35 heavy (non-hydrogen) atoms. The monoisotopic (exact) mass is 498 g/mol. The summed E-state index contributed by atoms with van der Waals surface area (Å²) in [4.78, 5) is 55.8. The van der Waals surface area contributed by atoms with Crippen LogP contribution in [0.15, 0.2) is 12.1 Å². The maximum absolute atomic E-state index is 15.0. The Labute approximate surface area is 196 Å². The molecule has 0 saturated carbocycles. The van der Waals surface area contributed by atoms with Gasteiger partial charge >= 0.3 is 12.1 Å². The van der Waals surface area contributed by atoms with Crippen molar-refractivity contribution in [3.63, 3.8) is 0 Å². The molecule has 0 aromatic heterocycles. The zero-order valence-corrected chi connectivity index (χ0v) is 18.5. The van der Waals surface area contributed by atoms with Crippen LogP contribution >= 0.6 is 0 Å². The molecule has 1 spiro atoms. The number of anilines is 1. The molecule has 3 saturated heterocycles. The Kier molecular flexibility index (Phi) is 5.49. The Bertz CT molecular complexity index is 1110. The molecule has 1 aromatic rings. The fourth-order valence-electron chi connectivity index (χ4n) is 5.31. The van der Waals surface area contributed by atoms with Gasteiger partial charge in [-0.3, -0.25) is 14.4 Å². The topological polar surface area (TPSA) is 99.3 Å². The summed E-state index contributed by atoms with van der Waals surface area (Å²) in [5.74, 6) is -6.35. The molecule has 0 bridgehead atoms. The number of imide groups is 1. The maximum atomic E-state index is 15.0. The van der Waals surface area contributed by atoms with Crippen molar-refractivity contribution in [3.05, 3.63) is 29.1 Å². The molecule has 0 aliphatic carbocycles. The van der Waals surface area contributed by atoms with E-state index < -0.39 is 48.1 Å². The van der Waals surface area contributed by atoms with Crippen molar-refractivity contribution in [1.29, 1.82) is 0 Å². The van der Waals surface area contributed by atoms with Gasteiger partial charge in [0.1, 0.15) is 11.9 Å². The number of amides is 3. The number of rotatable bonds is 3. The Morgan fingerprint density at radius 2 is 1.80 bits per heavy atom. The third kappa shape index (κ3) is 4.01. The molecule has 4 aliphatic heterocycles. The number of piperidine rings is 2. The number of nitrogens with zero attached hydrogens (tertiary/aromatic N) is 3. The molecule has 3 fully saturated rings. The number of hydroxylamine groups is 2. The van der Waals surface area contributed by atoms with Gasteiger partial charge in [0, 0.05) is 37.0 Å². The average Bonchev–Trinajstić information content (AvgIpc) is 3.09. The number of benzene rings is 1. The van der Waals surface area contributed by atoms with E-state index in [1.807, 2.05) is 4.90 Å². The summed E-state index contributed by atoms with van der Waals surface area (Å²) in [7, 11) is 0. The van der Waals surface area contributed by atoms with Crippen LogP contribution in [-0.2, 0) is 25.8 Å². The molecule has 5 rings (SSSR count). The van der Waals surface area contributed by atoms with Gasteiger partial charge in [-0.2, -0.15) is 13.2 Å². The fraction of sp³-hybridized carbons (Fsp3) is 0.545. The highest BCUT2D eigenvalue weighted by Gasteiger charge is 2.49. The number of hydrogen-bond acceptors (Lipinski definition) is 7. The molecule has 3 amide bonds. The number of fused-ring (bicyclic) bond motifs is 1. The van der Waals surface area contributed by atoms with E-state index in [0.717, 1.165) is 36.9 Å². The average molecular weight is 498 g/mol. The van der Waals surface area contributed by atoms with Gasteiger partial charge in [-0.25, -0.2) is 9.18 Å². The first-order valence-electron chi connectivity index (χ1n) is 11.2. The van der Waals surface area contributed by atoms with Crippen LogP contribution < -0.4 is 10.2 Å². The number of hydrogen-bond donors (Lipinski definition) is 1. The van der Waals surface area contributed by atoms with Crippen molar-refractivity contribution >= 4 is 29.4 Å². The van der Waals surface area contributed by atoms with Gasteiger partial charge in [-0.05, 0) is 50.0 Å². The zero-order chi connectivity index (χ0) is 25.1. The quantitative estimate of drug-likeness (QED) is 0.498. The molecule has 4 aliphatic rings. The molecule has 1 N–H and O–H groups in total. The second kappa shape index (κ2) is 8.18. The van der Waals surface area contributed by atoms with Gasteiger partial charge in [0.15, 0.2) is 0 Å². The van der Waals surface area contributed by atoms with Gasteiger partial charge < -0.3 is 20.0 Å². The standard InChI is InChI=1S/C22H22F4N4O5/c23-14-8-13-12(7-16(14)28-10-21(11-28)3-5-27-6-4-21)9-29(18(13)32)15-1-2-17(31)30(19(15)33)35-20(34)22(24,25)26/h7-8,15,27H,1-6,9-11H2. The first-order chi connectivity index (χ1) is 16.5. The second-order valence-electron chi connectivity index (χ2n) is 9.46. The van der Waals surface area contributed by atoms with E-state index >= 15 is 0 Å². The van der Waals surface area contributed by atoms with Crippen molar-refractivity contribution in [2.45, 2.75) is 44.4 Å². The molecule has 1 unspecified atom stereocenters. The zero-order valence-electron chi connectivity index (χ0n) is 18.5. The van der Waals surface area contributed by atoms with Crippen LogP contribution in [0.5, 0.6) is 0 Å². The van der Waals surface area contributed by atoms with E-state index in [1.165, 1.54) is 0 Å². The number of halogens is 4. The highest BCUT2D eigenvalue weighted by Crippen LogP contribution is 2.43. The number of alkyl halides is 3. The summed E-state index contributed by atoms with van der Waals surface area (Å²) in [6, 6.07) is 1.35. The minimum atomic E-state index is -5.41. The largest absolute Gasteiger partial charge is 0.493 e. The molecular weight excluding hydrogens is 476 g/mol. The lowest BCUT2D eigenvalue weighted by atomic mass is 9.72. The van der Waals surface area contributed by atoms with Crippen LogP contribution in [-0.4, -0.2) is 72.1 Å². The third-order valence-corrected chi connectivity index (χ3v) is 7.19. The van der Waals surface area contributed by atoms with Gasteiger partial charge in [-0.1, -0.05) is 0 Å². The summed E-state index contributed by atoms with van der Waals surface area (Å²) in [6.45, 7) is 3.14. The third-order valence-electron chi connectivity index (χ3n) is 7.19. The molecule has 0 radical (unpaired) electrons. The first-order valence-corrected chi connectivity index (χ1v) is 11.2. The fourth-order valence-corrected chi connectivity index (χ4v) is 5.31. The highest BCUT2D eigenvalue weighted by molar-refractivity contribution is 6.05. The lowest BCUT2D eigenvalue weighted by Gasteiger charge is -2.53. The van der Waals surface area contributed by atoms with Crippen LogP contribution in [0.25, 0.3) is 0 Å². The highest BCUT2D eigenvalue weighted by atomic mass is 19.4. The van der Waals surface area contributed by atoms with Crippen molar-refractivity contribution in [2.75, 3.05) is 31.1 Å². The second-order valence-corrected chi connectivity index (χ2v) is 9.46. The molecule has 4 heterocycles. The van der Waals surface area contributed by atoms with Crippen LogP contribution in [0.2, 0.25) is 0 Å². The Hall–Kier alpha value is -3.22. The minimum Gasteiger partial charge on any atom is -0.368 e. The molecule has 9 nitrogen and oxygen atoms in total. The predicted octanol–water partition coefficient (Wildman–Crippen LogP) is 1.51.